The van der Waals surface area contributed by atoms with Gasteiger partial charge in [-0.2, -0.15) is 0 Å². The van der Waals surface area contributed by atoms with Crippen molar-refractivity contribution in [2.45, 2.75) is 58.9 Å². The standard InChI is InChI=1S/C13H26N2O/c1-13(2,3)11(9-14)15-12(16)8-10-6-4-5-7-10/h10-11H,4-9,14H2,1-3H3,(H,15,16). The van der Waals surface area contributed by atoms with Crippen LogP contribution in [0.5, 0.6) is 0 Å². The van der Waals surface area contributed by atoms with Crippen molar-refractivity contribution in [3.8, 4) is 0 Å². The molecule has 0 bridgehead atoms. The molecule has 0 saturated heterocycles. The van der Waals surface area contributed by atoms with E-state index in [4.69, 9.17) is 5.73 Å². The maximum atomic E-state index is 11.8. The minimum atomic E-state index is 0.0418. The van der Waals surface area contributed by atoms with Gasteiger partial charge < -0.3 is 11.1 Å². The molecule has 0 aromatic carbocycles. The van der Waals surface area contributed by atoms with E-state index in [1.54, 1.807) is 0 Å². The van der Waals surface area contributed by atoms with Crippen molar-refractivity contribution in [1.82, 2.24) is 5.32 Å². The van der Waals surface area contributed by atoms with Crippen molar-refractivity contribution in [3.05, 3.63) is 0 Å². The third-order valence-corrected chi connectivity index (χ3v) is 3.57. The van der Waals surface area contributed by atoms with Gasteiger partial charge in [-0.25, -0.2) is 0 Å². The highest BCUT2D eigenvalue weighted by Crippen LogP contribution is 2.27. The first-order valence-corrected chi connectivity index (χ1v) is 6.43. The molecular formula is C13H26N2O. The second-order valence-electron chi connectivity index (χ2n) is 6.08. The molecule has 1 saturated carbocycles. The summed E-state index contributed by atoms with van der Waals surface area (Å²) in [5, 5.41) is 3.07. The van der Waals surface area contributed by atoms with Crippen molar-refractivity contribution in [2.75, 3.05) is 6.54 Å². The molecule has 3 nitrogen and oxygen atoms in total. The first-order valence-electron chi connectivity index (χ1n) is 6.43. The summed E-state index contributed by atoms with van der Waals surface area (Å²) in [5.74, 6) is 0.788. The van der Waals surface area contributed by atoms with Crippen LogP contribution in [0.4, 0.5) is 0 Å². The van der Waals surface area contributed by atoms with Crippen molar-refractivity contribution in [1.29, 1.82) is 0 Å². The maximum absolute atomic E-state index is 11.8. The minimum Gasteiger partial charge on any atom is -0.352 e. The molecule has 1 rings (SSSR count). The zero-order valence-corrected chi connectivity index (χ0v) is 10.9. The van der Waals surface area contributed by atoms with E-state index in [0.717, 1.165) is 0 Å². The molecule has 1 fully saturated rings. The highest BCUT2D eigenvalue weighted by Gasteiger charge is 2.26. The molecule has 1 unspecified atom stereocenters. The van der Waals surface area contributed by atoms with E-state index in [1.165, 1.54) is 25.7 Å². The molecule has 94 valence electrons. The van der Waals surface area contributed by atoms with Crippen LogP contribution >= 0.6 is 0 Å². The number of nitrogens with one attached hydrogen (secondary N) is 1. The zero-order chi connectivity index (χ0) is 12.2. The molecule has 0 aliphatic heterocycles. The van der Waals surface area contributed by atoms with Crippen LogP contribution in [-0.2, 0) is 4.79 Å². The lowest BCUT2D eigenvalue weighted by Crippen LogP contribution is -2.48. The summed E-state index contributed by atoms with van der Waals surface area (Å²) in [5.41, 5.74) is 5.74. The Kier molecular flexibility index (Phi) is 4.78. The highest BCUT2D eigenvalue weighted by atomic mass is 16.1. The Labute approximate surface area is 99.2 Å². The summed E-state index contributed by atoms with van der Waals surface area (Å²) >= 11 is 0. The van der Waals surface area contributed by atoms with Crippen LogP contribution in [0.15, 0.2) is 0 Å². The Hall–Kier alpha value is -0.570. The molecule has 3 heteroatoms. The summed E-state index contributed by atoms with van der Waals surface area (Å²) in [6, 6.07) is 0.0846. The third kappa shape index (κ3) is 4.12. The van der Waals surface area contributed by atoms with Gasteiger partial charge in [0.15, 0.2) is 0 Å². The van der Waals surface area contributed by atoms with Crippen LogP contribution in [0, 0.1) is 11.3 Å². The van der Waals surface area contributed by atoms with E-state index in [0.29, 0.717) is 18.9 Å². The van der Waals surface area contributed by atoms with Crippen LogP contribution in [0.2, 0.25) is 0 Å². The normalized spacial score (nSPS) is 19.8. The maximum Gasteiger partial charge on any atom is 0.220 e. The van der Waals surface area contributed by atoms with Gasteiger partial charge in [-0.1, -0.05) is 33.6 Å². The van der Waals surface area contributed by atoms with E-state index < -0.39 is 0 Å². The lowest BCUT2D eigenvalue weighted by atomic mass is 9.86. The molecule has 0 heterocycles. The van der Waals surface area contributed by atoms with Gasteiger partial charge in [0.05, 0.1) is 0 Å². The highest BCUT2D eigenvalue weighted by molar-refractivity contribution is 5.76. The molecule has 1 atom stereocenters. The molecule has 0 spiro atoms. The van der Waals surface area contributed by atoms with Gasteiger partial charge in [0.2, 0.25) is 5.91 Å². The second-order valence-corrected chi connectivity index (χ2v) is 6.08. The van der Waals surface area contributed by atoms with Gasteiger partial charge >= 0.3 is 0 Å². The fraction of sp³-hybridized carbons (Fsp3) is 0.923. The van der Waals surface area contributed by atoms with E-state index in [9.17, 15) is 4.79 Å². The van der Waals surface area contributed by atoms with Crippen molar-refractivity contribution >= 4 is 5.91 Å². The number of hydrogen-bond acceptors (Lipinski definition) is 2. The predicted molar refractivity (Wildman–Crippen MR) is 67.0 cm³/mol. The number of amides is 1. The van der Waals surface area contributed by atoms with Crippen molar-refractivity contribution < 1.29 is 4.79 Å². The number of hydrogen-bond donors (Lipinski definition) is 2. The quantitative estimate of drug-likeness (QED) is 0.771. The molecular weight excluding hydrogens is 200 g/mol. The zero-order valence-electron chi connectivity index (χ0n) is 10.9. The average molecular weight is 226 g/mol. The smallest absolute Gasteiger partial charge is 0.220 e. The third-order valence-electron chi connectivity index (χ3n) is 3.57. The molecule has 0 radical (unpaired) electrons. The molecule has 3 N–H and O–H groups in total. The lowest BCUT2D eigenvalue weighted by Gasteiger charge is -2.30. The summed E-state index contributed by atoms with van der Waals surface area (Å²) in [6.07, 6.45) is 5.70. The first-order chi connectivity index (χ1) is 7.43. The SMILES string of the molecule is CC(C)(C)C(CN)NC(=O)CC1CCCC1. The molecule has 0 aromatic rings. The van der Waals surface area contributed by atoms with Crippen molar-refractivity contribution in [2.24, 2.45) is 17.1 Å². The Balaban J connectivity index is 2.36. The monoisotopic (exact) mass is 226 g/mol. The molecule has 0 aromatic heterocycles. The molecule has 1 aliphatic carbocycles. The van der Waals surface area contributed by atoms with Gasteiger partial charge in [-0.15, -0.1) is 0 Å². The van der Waals surface area contributed by atoms with E-state index in [-0.39, 0.29) is 17.4 Å². The van der Waals surface area contributed by atoms with E-state index >= 15 is 0 Å². The summed E-state index contributed by atoms with van der Waals surface area (Å²) < 4.78 is 0. The van der Waals surface area contributed by atoms with Crippen LogP contribution in [0.25, 0.3) is 0 Å². The Morgan fingerprint density at radius 2 is 1.94 bits per heavy atom. The van der Waals surface area contributed by atoms with Crippen LogP contribution in [0.3, 0.4) is 0 Å². The average Bonchev–Trinajstić information content (AvgIpc) is 2.64. The Morgan fingerprint density at radius 1 is 1.38 bits per heavy atom. The summed E-state index contributed by atoms with van der Waals surface area (Å²) in [6.45, 7) is 6.85. The fourth-order valence-electron chi connectivity index (χ4n) is 2.36. The topological polar surface area (TPSA) is 55.1 Å². The van der Waals surface area contributed by atoms with E-state index in [1.807, 2.05) is 0 Å². The summed E-state index contributed by atoms with van der Waals surface area (Å²) in [4.78, 5) is 11.8. The number of carbonyl (C=O) groups excluding carboxylic acids is 1. The summed E-state index contributed by atoms with van der Waals surface area (Å²) in [7, 11) is 0. The lowest BCUT2D eigenvalue weighted by molar-refractivity contribution is -0.123. The molecule has 16 heavy (non-hydrogen) atoms. The minimum absolute atomic E-state index is 0.0418. The van der Waals surface area contributed by atoms with Crippen LogP contribution in [0.1, 0.15) is 52.9 Å². The van der Waals surface area contributed by atoms with Crippen molar-refractivity contribution in [3.63, 3.8) is 0 Å². The molecule has 1 amide bonds. The van der Waals surface area contributed by atoms with Crippen LogP contribution in [-0.4, -0.2) is 18.5 Å². The second kappa shape index (κ2) is 5.67. The van der Waals surface area contributed by atoms with Gasteiger partial charge in [0, 0.05) is 19.0 Å². The number of rotatable bonds is 4. The molecule has 1 aliphatic rings. The number of carbonyl (C=O) groups is 1. The van der Waals surface area contributed by atoms with Gasteiger partial charge in [0.25, 0.3) is 0 Å². The largest absolute Gasteiger partial charge is 0.352 e. The first kappa shape index (κ1) is 13.5. The number of nitrogens with two attached hydrogens (primary N) is 1. The van der Waals surface area contributed by atoms with Gasteiger partial charge in [-0.3, -0.25) is 4.79 Å². The van der Waals surface area contributed by atoms with Gasteiger partial charge in [0.1, 0.15) is 0 Å². The van der Waals surface area contributed by atoms with Crippen LogP contribution < -0.4 is 11.1 Å². The fourth-order valence-corrected chi connectivity index (χ4v) is 2.36. The Bertz CT molecular complexity index is 227. The Morgan fingerprint density at radius 3 is 2.38 bits per heavy atom. The predicted octanol–water partition coefficient (Wildman–Crippen LogP) is 2.06. The van der Waals surface area contributed by atoms with E-state index in [2.05, 4.69) is 26.1 Å². The van der Waals surface area contributed by atoms with Gasteiger partial charge in [-0.05, 0) is 24.2 Å².